The van der Waals surface area contributed by atoms with E-state index in [1.807, 2.05) is 0 Å². The largest absolute Gasteiger partial charge is 0.497 e. The fraction of sp³-hybridized carbons (Fsp3) is 0.190. The van der Waals surface area contributed by atoms with Gasteiger partial charge in [0.1, 0.15) is 17.2 Å². The van der Waals surface area contributed by atoms with Crippen molar-refractivity contribution in [3.05, 3.63) is 53.7 Å². The van der Waals surface area contributed by atoms with E-state index in [-0.39, 0.29) is 11.6 Å². The number of carbonyl (C=O) groups is 3. The molecule has 1 heterocycles. The fourth-order valence-electron chi connectivity index (χ4n) is 2.83. The number of aromatic nitrogens is 1. The van der Waals surface area contributed by atoms with E-state index in [2.05, 4.69) is 15.6 Å². The summed E-state index contributed by atoms with van der Waals surface area (Å²) < 4.78 is 15.6. The molecule has 1 aromatic heterocycles. The van der Waals surface area contributed by atoms with Gasteiger partial charge in [0, 0.05) is 29.8 Å². The van der Waals surface area contributed by atoms with Gasteiger partial charge in [0.15, 0.2) is 6.61 Å². The molecule has 3 aromatic rings. The molecular weight excluding hydrogens is 390 g/mol. The Bertz CT molecular complexity index is 1090. The number of aromatic amines is 1. The van der Waals surface area contributed by atoms with Crippen molar-refractivity contribution >= 4 is 34.4 Å². The lowest BCUT2D eigenvalue weighted by molar-refractivity contribution is -0.119. The van der Waals surface area contributed by atoms with Crippen LogP contribution in [0.3, 0.4) is 0 Å². The van der Waals surface area contributed by atoms with Crippen molar-refractivity contribution < 1.29 is 28.6 Å². The lowest BCUT2D eigenvalue weighted by Crippen LogP contribution is -2.21. The molecule has 2 aromatic carbocycles. The maximum Gasteiger partial charge on any atom is 0.355 e. The van der Waals surface area contributed by atoms with E-state index < -0.39 is 18.5 Å². The van der Waals surface area contributed by atoms with Gasteiger partial charge in [0.25, 0.3) is 11.8 Å². The average Bonchev–Trinajstić information content (AvgIpc) is 3.21. The Balaban J connectivity index is 1.62. The lowest BCUT2D eigenvalue weighted by Gasteiger charge is -2.07. The molecule has 9 heteroatoms. The highest BCUT2D eigenvalue weighted by atomic mass is 16.5. The van der Waals surface area contributed by atoms with E-state index in [1.54, 1.807) is 42.5 Å². The normalized spacial score (nSPS) is 10.4. The van der Waals surface area contributed by atoms with Crippen molar-refractivity contribution in [1.82, 2.24) is 10.3 Å². The van der Waals surface area contributed by atoms with Gasteiger partial charge in [0.05, 0.1) is 19.7 Å². The van der Waals surface area contributed by atoms with Gasteiger partial charge in [-0.05, 0) is 36.4 Å². The zero-order chi connectivity index (χ0) is 21.7. The number of H-pyrrole nitrogens is 1. The van der Waals surface area contributed by atoms with Crippen LogP contribution in [0.5, 0.6) is 11.5 Å². The van der Waals surface area contributed by atoms with Crippen LogP contribution in [-0.2, 0) is 9.53 Å². The van der Waals surface area contributed by atoms with E-state index in [4.69, 9.17) is 14.2 Å². The van der Waals surface area contributed by atoms with E-state index in [0.29, 0.717) is 33.7 Å². The first-order valence-corrected chi connectivity index (χ1v) is 8.99. The van der Waals surface area contributed by atoms with E-state index in [1.165, 1.54) is 21.3 Å². The maximum absolute atomic E-state index is 12.3. The van der Waals surface area contributed by atoms with Gasteiger partial charge in [0.2, 0.25) is 0 Å². The van der Waals surface area contributed by atoms with E-state index in [9.17, 15) is 14.4 Å². The minimum atomic E-state index is -0.683. The first kappa shape index (κ1) is 20.7. The fourth-order valence-corrected chi connectivity index (χ4v) is 2.83. The molecule has 0 atom stereocenters. The number of fused-ring (bicyclic) bond motifs is 1. The zero-order valence-electron chi connectivity index (χ0n) is 16.7. The monoisotopic (exact) mass is 411 g/mol. The summed E-state index contributed by atoms with van der Waals surface area (Å²) in [4.78, 5) is 38.9. The molecule has 0 fully saturated rings. The highest BCUT2D eigenvalue weighted by Gasteiger charge is 2.16. The van der Waals surface area contributed by atoms with Crippen LogP contribution in [0.1, 0.15) is 20.8 Å². The molecule has 0 aliphatic carbocycles. The van der Waals surface area contributed by atoms with Crippen LogP contribution in [0.2, 0.25) is 0 Å². The molecule has 0 saturated heterocycles. The Hall–Kier alpha value is -4.01. The van der Waals surface area contributed by atoms with Gasteiger partial charge >= 0.3 is 5.97 Å². The van der Waals surface area contributed by atoms with Crippen molar-refractivity contribution in [3.63, 3.8) is 0 Å². The van der Waals surface area contributed by atoms with Gasteiger partial charge in [-0.25, -0.2) is 4.79 Å². The second-order valence-corrected chi connectivity index (χ2v) is 6.26. The zero-order valence-corrected chi connectivity index (χ0v) is 16.7. The van der Waals surface area contributed by atoms with Crippen molar-refractivity contribution in [1.29, 1.82) is 0 Å². The van der Waals surface area contributed by atoms with E-state index in [0.717, 1.165) is 0 Å². The summed E-state index contributed by atoms with van der Waals surface area (Å²) >= 11 is 0. The summed E-state index contributed by atoms with van der Waals surface area (Å²) in [7, 11) is 4.58. The van der Waals surface area contributed by atoms with Gasteiger partial charge in [-0.1, -0.05) is 0 Å². The summed E-state index contributed by atoms with van der Waals surface area (Å²) in [5.41, 5.74) is 1.74. The Morgan fingerprint density at radius 3 is 2.37 bits per heavy atom. The first-order valence-electron chi connectivity index (χ1n) is 8.99. The second-order valence-electron chi connectivity index (χ2n) is 6.26. The molecular formula is C21H21N3O6. The number of anilines is 1. The van der Waals surface area contributed by atoms with Crippen molar-refractivity contribution in [2.24, 2.45) is 0 Å². The molecule has 0 aliphatic heterocycles. The SMILES string of the molecule is CNC(=O)c1ccc(NC(=O)COC(=O)c2cc3cc(OC)cc(OC)c3[nH]2)cc1. The van der Waals surface area contributed by atoms with Gasteiger partial charge < -0.3 is 29.8 Å². The van der Waals surface area contributed by atoms with Gasteiger partial charge in [-0.15, -0.1) is 0 Å². The summed E-state index contributed by atoms with van der Waals surface area (Å²) in [6, 6.07) is 11.4. The molecule has 3 N–H and O–H groups in total. The van der Waals surface area contributed by atoms with Gasteiger partial charge in [-0.2, -0.15) is 0 Å². The summed E-state index contributed by atoms with van der Waals surface area (Å²) in [6.07, 6.45) is 0. The number of benzene rings is 2. The van der Waals surface area contributed by atoms with Crippen molar-refractivity contribution in [2.45, 2.75) is 0 Å². The molecule has 30 heavy (non-hydrogen) atoms. The van der Waals surface area contributed by atoms with Crippen LogP contribution in [0.25, 0.3) is 10.9 Å². The predicted molar refractivity (Wildman–Crippen MR) is 110 cm³/mol. The average molecular weight is 411 g/mol. The topological polar surface area (TPSA) is 119 Å². The number of carbonyl (C=O) groups excluding carboxylic acids is 3. The molecule has 0 spiro atoms. The Morgan fingerprint density at radius 2 is 1.73 bits per heavy atom. The Morgan fingerprint density at radius 1 is 1.00 bits per heavy atom. The highest BCUT2D eigenvalue weighted by Crippen LogP contribution is 2.31. The third kappa shape index (κ3) is 4.52. The number of hydrogen-bond donors (Lipinski definition) is 3. The number of hydrogen-bond acceptors (Lipinski definition) is 6. The van der Waals surface area contributed by atoms with Crippen LogP contribution in [0, 0.1) is 0 Å². The van der Waals surface area contributed by atoms with E-state index >= 15 is 0 Å². The summed E-state index contributed by atoms with van der Waals surface area (Å²) in [6.45, 7) is -0.466. The molecule has 0 saturated carbocycles. The minimum Gasteiger partial charge on any atom is -0.497 e. The molecule has 3 rings (SSSR count). The molecule has 9 nitrogen and oxygen atoms in total. The molecule has 156 valence electrons. The number of rotatable bonds is 7. The van der Waals surface area contributed by atoms with Crippen molar-refractivity contribution in [3.8, 4) is 11.5 Å². The highest BCUT2D eigenvalue weighted by molar-refractivity contribution is 5.99. The smallest absolute Gasteiger partial charge is 0.355 e. The van der Waals surface area contributed by atoms with Crippen LogP contribution in [0.15, 0.2) is 42.5 Å². The Labute approximate surface area is 172 Å². The predicted octanol–water partition coefficient (Wildman–Crippen LogP) is 2.34. The maximum atomic E-state index is 12.3. The number of esters is 1. The third-order valence-corrected chi connectivity index (χ3v) is 4.33. The summed E-state index contributed by atoms with van der Waals surface area (Å²) in [5, 5.41) is 5.82. The Kier molecular flexibility index (Phi) is 6.21. The second kappa shape index (κ2) is 8.99. The molecule has 0 unspecified atom stereocenters. The van der Waals surface area contributed by atoms with Crippen molar-refractivity contribution in [2.75, 3.05) is 33.2 Å². The third-order valence-electron chi connectivity index (χ3n) is 4.33. The molecule has 0 bridgehead atoms. The van der Waals surface area contributed by atoms with Crippen LogP contribution >= 0.6 is 0 Å². The first-order chi connectivity index (χ1) is 14.4. The van der Waals surface area contributed by atoms with Crippen LogP contribution < -0.4 is 20.1 Å². The number of ether oxygens (including phenoxy) is 3. The van der Waals surface area contributed by atoms with Crippen LogP contribution in [0.4, 0.5) is 5.69 Å². The number of methoxy groups -OCH3 is 2. The lowest BCUT2D eigenvalue weighted by atomic mass is 10.2. The van der Waals surface area contributed by atoms with Gasteiger partial charge in [-0.3, -0.25) is 9.59 Å². The summed E-state index contributed by atoms with van der Waals surface area (Å²) in [5.74, 6) is -0.320. The molecule has 2 amide bonds. The standard InChI is InChI=1S/C21H21N3O6/c1-22-20(26)12-4-6-14(7-5-12)23-18(25)11-30-21(27)16-9-13-8-15(28-2)10-17(29-3)19(13)24-16/h4-10,24H,11H2,1-3H3,(H,22,26)(H,23,25). The minimum absolute atomic E-state index is 0.180. The molecule has 0 radical (unpaired) electrons. The number of nitrogens with one attached hydrogen (secondary N) is 3. The van der Waals surface area contributed by atoms with Crippen LogP contribution in [-0.4, -0.2) is 50.6 Å². The number of amides is 2. The molecule has 0 aliphatic rings. The quantitative estimate of drug-likeness (QED) is 0.514.